The smallest absolute Gasteiger partial charge is 0.255 e. The zero-order chi connectivity index (χ0) is 26.5. The number of carbonyl (C=O) groups is 4. The van der Waals surface area contributed by atoms with Crippen LogP contribution in [0.2, 0.25) is 0 Å². The number of amides is 2. The van der Waals surface area contributed by atoms with Gasteiger partial charge in [-0.25, -0.2) is 0 Å². The number of likely N-dealkylation sites (tertiary alicyclic amines) is 1. The van der Waals surface area contributed by atoms with Crippen molar-refractivity contribution < 1.29 is 23.9 Å². The van der Waals surface area contributed by atoms with E-state index in [1.807, 2.05) is 18.2 Å². The van der Waals surface area contributed by atoms with E-state index in [-0.39, 0.29) is 29.8 Å². The standard InChI is InChI=1S/C30H35N3O5/c34-23-12-13-26(27(35)18-23)33-19-25-24(30(33)37)6-4-7-28(25)38-20-21-8-10-22(11-9-21)29(36)31-14-5-17-32-15-2-1-3-16-32/h4,6-11,26H,1-3,5,12-20H2,(H,31,36). The molecule has 0 bridgehead atoms. The van der Waals surface area contributed by atoms with E-state index in [1.165, 1.54) is 32.4 Å². The van der Waals surface area contributed by atoms with Crippen molar-refractivity contribution in [1.29, 1.82) is 0 Å². The fraction of sp³-hybridized carbons (Fsp3) is 0.467. The van der Waals surface area contributed by atoms with E-state index in [0.29, 0.717) is 49.4 Å². The number of piperidine rings is 1. The van der Waals surface area contributed by atoms with Crippen LogP contribution in [0, 0.1) is 0 Å². The number of nitrogens with zero attached hydrogens (tertiary/aromatic N) is 2. The molecule has 5 rings (SSSR count). The molecule has 0 radical (unpaired) electrons. The molecule has 8 heteroatoms. The number of ether oxygens (including phenoxy) is 1. The zero-order valence-corrected chi connectivity index (χ0v) is 21.7. The first kappa shape index (κ1) is 26.1. The molecule has 2 heterocycles. The molecular weight excluding hydrogens is 482 g/mol. The van der Waals surface area contributed by atoms with Crippen LogP contribution in [-0.2, 0) is 22.7 Å². The van der Waals surface area contributed by atoms with Gasteiger partial charge in [-0.05, 0) is 75.1 Å². The maximum atomic E-state index is 13.0. The average Bonchev–Trinajstić information content (AvgIpc) is 3.27. The molecule has 2 amide bonds. The molecule has 1 saturated heterocycles. The molecule has 8 nitrogen and oxygen atoms in total. The van der Waals surface area contributed by atoms with Gasteiger partial charge in [0, 0.05) is 29.7 Å². The van der Waals surface area contributed by atoms with Crippen molar-refractivity contribution >= 4 is 23.4 Å². The minimum atomic E-state index is -0.552. The molecule has 2 fully saturated rings. The zero-order valence-electron chi connectivity index (χ0n) is 21.7. The number of benzene rings is 2. The van der Waals surface area contributed by atoms with Crippen LogP contribution in [0.25, 0.3) is 0 Å². The maximum Gasteiger partial charge on any atom is 0.255 e. The van der Waals surface area contributed by atoms with Gasteiger partial charge in [0.2, 0.25) is 0 Å². The van der Waals surface area contributed by atoms with Gasteiger partial charge in [0.15, 0.2) is 5.78 Å². The summed E-state index contributed by atoms with van der Waals surface area (Å²) in [6.07, 6.45) is 5.44. The molecule has 1 atom stereocenters. The average molecular weight is 518 g/mol. The molecule has 0 spiro atoms. The van der Waals surface area contributed by atoms with Crippen molar-refractivity contribution in [2.75, 3.05) is 26.2 Å². The van der Waals surface area contributed by atoms with Crippen molar-refractivity contribution in [3.05, 3.63) is 64.7 Å². The summed E-state index contributed by atoms with van der Waals surface area (Å²) in [6.45, 7) is 4.61. The van der Waals surface area contributed by atoms with Crippen LogP contribution >= 0.6 is 0 Å². The number of ketones is 2. The molecule has 0 aromatic heterocycles. The normalized spacial score (nSPS) is 19.9. The highest BCUT2D eigenvalue weighted by atomic mass is 16.5. The van der Waals surface area contributed by atoms with E-state index in [0.717, 1.165) is 24.1 Å². The third-order valence-electron chi connectivity index (χ3n) is 7.76. The SMILES string of the molecule is O=C1CCC(N2Cc3c(OCc4ccc(C(=O)NCCCN5CCCCC5)cc4)cccc3C2=O)C(=O)C1. The van der Waals surface area contributed by atoms with Crippen LogP contribution < -0.4 is 10.1 Å². The molecule has 3 aliphatic rings. The highest BCUT2D eigenvalue weighted by Crippen LogP contribution is 2.34. The maximum absolute atomic E-state index is 13.0. The van der Waals surface area contributed by atoms with Gasteiger partial charge in [-0.2, -0.15) is 0 Å². The number of hydrogen-bond acceptors (Lipinski definition) is 6. The predicted octanol–water partition coefficient (Wildman–Crippen LogP) is 3.52. The number of fused-ring (bicyclic) bond motifs is 1. The highest BCUT2D eigenvalue weighted by molar-refractivity contribution is 6.07. The third kappa shape index (κ3) is 5.96. The number of rotatable bonds is 9. The Balaban J connectivity index is 1.13. The minimum Gasteiger partial charge on any atom is -0.489 e. The van der Waals surface area contributed by atoms with Crippen LogP contribution in [0.1, 0.15) is 76.8 Å². The molecule has 1 aliphatic carbocycles. The lowest BCUT2D eigenvalue weighted by molar-refractivity contribution is -0.133. The van der Waals surface area contributed by atoms with Crippen LogP contribution in [0.5, 0.6) is 5.75 Å². The topological polar surface area (TPSA) is 96.0 Å². The highest BCUT2D eigenvalue weighted by Gasteiger charge is 2.40. The van der Waals surface area contributed by atoms with Gasteiger partial charge < -0.3 is 19.9 Å². The summed E-state index contributed by atoms with van der Waals surface area (Å²) < 4.78 is 6.08. The monoisotopic (exact) mass is 517 g/mol. The predicted molar refractivity (Wildman–Crippen MR) is 142 cm³/mol. The third-order valence-corrected chi connectivity index (χ3v) is 7.76. The van der Waals surface area contributed by atoms with Gasteiger partial charge in [-0.1, -0.05) is 24.6 Å². The molecule has 38 heavy (non-hydrogen) atoms. The summed E-state index contributed by atoms with van der Waals surface area (Å²) in [5, 5.41) is 3.01. The Kier molecular flexibility index (Phi) is 8.17. The quantitative estimate of drug-likeness (QED) is 0.404. The lowest BCUT2D eigenvalue weighted by atomic mass is 9.92. The van der Waals surface area contributed by atoms with E-state index < -0.39 is 6.04 Å². The van der Waals surface area contributed by atoms with Gasteiger partial charge in [0.1, 0.15) is 18.1 Å². The lowest BCUT2D eigenvalue weighted by Gasteiger charge is -2.29. The van der Waals surface area contributed by atoms with E-state index in [2.05, 4.69) is 10.2 Å². The van der Waals surface area contributed by atoms with Gasteiger partial charge in [-0.3, -0.25) is 19.2 Å². The second-order valence-corrected chi connectivity index (χ2v) is 10.4. The number of hydrogen-bond donors (Lipinski definition) is 1. The fourth-order valence-corrected chi connectivity index (χ4v) is 5.60. The summed E-state index contributed by atoms with van der Waals surface area (Å²) in [6, 6.07) is 12.2. The Bertz CT molecular complexity index is 1200. The number of Topliss-reactive ketones (excluding diaryl/α,β-unsaturated/α-hetero) is 2. The second-order valence-electron chi connectivity index (χ2n) is 10.4. The van der Waals surface area contributed by atoms with Crippen LogP contribution in [0.15, 0.2) is 42.5 Å². The Hall–Kier alpha value is -3.52. The van der Waals surface area contributed by atoms with Crippen molar-refractivity contribution in [3.63, 3.8) is 0 Å². The second kappa shape index (κ2) is 11.9. The van der Waals surface area contributed by atoms with E-state index in [1.54, 1.807) is 29.2 Å². The summed E-state index contributed by atoms with van der Waals surface area (Å²) in [5.74, 6) is 0.0963. The van der Waals surface area contributed by atoms with Crippen molar-refractivity contribution in [2.24, 2.45) is 0 Å². The van der Waals surface area contributed by atoms with Crippen LogP contribution in [-0.4, -0.2) is 65.4 Å². The summed E-state index contributed by atoms with van der Waals surface area (Å²) >= 11 is 0. The summed E-state index contributed by atoms with van der Waals surface area (Å²) in [7, 11) is 0. The molecule has 1 unspecified atom stereocenters. The first-order valence-electron chi connectivity index (χ1n) is 13.7. The lowest BCUT2D eigenvalue weighted by Crippen LogP contribution is -2.44. The number of carbonyl (C=O) groups excluding carboxylic acids is 4. The molecule has 2 aromatic rings. The molecule has 2 aliphatic heterocycles. The largest absolute Gasteiger partial charge is 0.489 e. The Morgan fingerprint density at radius 1 is 1.00 bits per heavy atom. The van der Waals surface area contributed by atoms with Crippen molar-refractivity contribution in [1.82, 2.24) is 15.1 Å². The van der Waals surface area contributed by atoms with Crippen molar-refractivity contribution in [3.8, 4) is 5.75 Å². The van der Waals surface area contributed by atoms with E-state index in [9.17, 15) is 19.2 Å². The van der Waals surface area contributed by atoms with Gasteiger partial charge >= 0.3 is 0 Å². The number of nitrogens with one attached hydrogen (secondary N) is 1. The Labute approximate surface area is 223 Å². The van der Waals surface area contributed by atoms with Crippen molar-refractivity contribution in [2.45, 2.75) is 64.1 Å². The van der Waals surface area contributed by atoms with Crippen LogP contribution in [0.3, 0.4) is 0 Å². The molecule has 1 saturated carbocycles. The van der Waals surface area contributed by atoms with Crippen LogP contribution in [0.4, 0.5) is 0 Å². The van der Waals surface area contributed by atoms with Gasteiger partial charge in [0.25, 0.3) is 11.8 Å². The van der Waals surface area contributed by atoms with Gasteiger partial charge in [0.05, 0.1) is 19.0 Å². The molecule has 2 aromatic carbocycles. The molecular formula is C30H35N3O5. The summed E-state index contributed by atoms with van der Waals surface area (Å²) in [4.78, 5) is 53.6. The Morgan fingerprint density at radius 2 is 1.79 bits per heavy atom. The molecule has 1 N–H and O–H groups in total. The minimum absolute atomic E-state index is 0.0595. The fourth-order valence-electron chi connectivity index (χ4n) is 5.60. The summed E-state index contributed by atoms with van der Waals surface area (Å²) in [5.41, 5.74) is 2.83. The molecule has 200 valence electrons. The first-order chi connectivity index (χ1) is 18.5. The van der Waals surface area contributed by atoms with Gasteiger partial charge in [-0.15, -0.1) is 0 Å². The van der Waals surface area contributed by atoms with E-state index >= 15 is 0 Å². The Morgan fingerprint density at radius 3 is 2.55 bits per heavy atom. The first-order valence-corrected chi connectivity index (χ1v) is 13.7. The van der Waals surface area contributed by atoms with E-state index in [4.69, 9.17) is 4.74 Å².